The van der Waals surface area contributed by atoms with Gasteiger partial charge in [-0.05, 0) is 35.7 Å². The highest BCUT2D eigenvalue weighted by atomic mass is 16.6. The number of hydrogen-bond donors (Lipinski definition) is 0. The van der Waals surface area contributed by atoms with Gasteiger partial charge in [0.25, 0.3) is 0 Å². The lowest BCUT2D eigenvalue weighted by atomic mass is 10.1. The first-order chi connectivity index (χ1) is 12.2. The molecule has 1 atom stereocenters. The molecular formula is C19H20N2O4. The molecule has 0 bridgehead atoms. The molecule has 0 N–H and O–H groups in total. The fraction of sp³-hybridized carbons (Fsp3) is 0.263. The summed E-state index contributed by atoms with van der Waals surface area (Å²) in [6.45, 7) is 0.330. The van der Waals surface area contributed by atoms with E-state index in [0.29, 0.717) is 24.5 Å². The minimum absolute atomic E-state index is 0.119. The smallest absolute Gasteiger partial charge is 0.430 e. The number of hydrogen-bond acceptors (Lipinski definition) is 5. The van der Waals surface area contributed by atoms with E-state index in [1.54, 1.807) is 32.6 Å². The minimum Gasteiger partial charge on any atom is -0.493 e. The maximum atomic E-state index is 12.0. The Morgan fingerprint density at radius 1 is 1.16 bits per heavy atom. The standard InChI is InChI=1S/C19H20N2O4/c1-23-17-9-8-15(11-18(17)24-2)12-20-21-16(13-25-19(21)22)10-14-6-4-3-5-7-14/h3-9,11-12,16H,10,13H2,1-2H3/b20-12+/t16-/m0/s1. The molecule has 0 aromatic heterocycles. The lowest BCUT2D eigenvalue weighted by molar-refractivity contribution is 0.159. The van der Waals surface area contributed by atoms with Crippen LogP contribution in [-0.2, 0) is 11.2 Å². The van der Waals surface area contributed by atoms with Gasteiger partial charge < -0.3 is 14.2 Å². The van der Waals surface area contributed by atoms with Gasteiger partial charge in [0.2, 0.25) is 0 Å². The van der Waals surface area contributed by atoms with Crippen LogP contribution in [0.3, 0.4) is 0 Å². The molecule has 1 fully saturated rings. The van der Waals surface area contributed by atoms with Crippen molar-refractivity contribution in [2.75, 3.05) is 20.8 Å². The summed E-state index contributed by atoms with van der Waals surface area (Å²) in [6.07, 6.45) is 1.88. The van der Waals surface area contributed by atoms with Gasteiger partial charge in [0.05, 0.1) is 26.5 Å². The Balaban J connectivity index is 1.75. The van der Waals surface area contributed by atoms with E-state index in [1.165, 1.54) is 5.01 Å². The zero-order valence-corrected chi connectivity index (χ0v) is 14.2. The molecule has 0 spiro atoms. The van der Waals surface area contributed by atoms with Gasteiger partial charge in [0.1, 0.15) is 6.61 Å². The van der Waals surface area contributed by atoms with Crippen LogP contribution >= 0.6 is 0 Å². The number of rotatable bonds is 6. The summed E-state index contributed by atoms with van der Waals surface area (Å²) in [5, 5.41) is 5.71. The lowest BCUT2D eigenvalue weighted by Crippen LogP contribution is -2.30. The van der Waals surface area contributed by atoms with Crippen molar-refractivity contribution in [1.29, 1.82) is 0 Å². The molecule has 0 saturated carbocycles. The second kappa shape index (κ2) is 7.70. The van der Waals surface area contributed by atoms with Gasteiger partial charge >= 0.3 is 6.09 Å². The summed E-state index contributed by atoms with van der Waals surface area (Å²) in [4.78, 5) is 12.0. The highest BCUT2D eigenvalue weighted by Crippen LogP contribution is 2.27. The van der Waals surface area contributed by atoms with Crippen LogP contribution in [0.5, 0.6) is 11.5 Å². The Labute approximate surface area is 146 Å². The quantitative estimate of drug-likeness (QED) is 0.758. The number of amides is 1. The molecule has 25 heavy (non-hydrogen) atoms. The number of ether oxygens (including phenoxy) is 3. The third-order valence-electron chi connectivity index (χ3n) is 3.99. The summed E-state index contributed by atoms with van der Waals surface area (Å²) in [5.74, 6) is 1.25. The first-order valence-corrected chi connectivity index (χ1v) is 7.97. The van der Waals surface area contributed by atoms with Gasteiger partial charge in [-0.25, -0.2) is 4.79 Å². The molecule has 1 saturated heterocycles. The third kappa shape index (κ3) is 3.91. The van der Waals surface area contributed by atoms with Gasteiger partial charge in [0, 0.05) is 0 Å². The molecule has 1 aliphatic heterocycles. The van der Waals surface area contributed by atoms with Crippen molar-refractivity contribution in [3.8, 4) is 11.5 Å². The maximum Gasteiger partial charge on any atom is 0.430 e. The molecule has 6 nitrogen and oxygen atoms in total. The highest BCUT2D eigenvalue weighted by molar-refractivity contribution is 5.82. The lowest BCUT2D eigenvalue weighted by Gasteiger charge is -2.16. The van der Waals surface area contributed by atoms with Crippen molar-refractivity contribution in [3.05, 3.63) is 59.7 Å². The SMILES string of the molecule is COc1ccc(/C=N/N2C(=O)OC[C@@H]2Cc2ccccc2)cc1OC. The summed E-state index contributed by atoms with van der Waals surface area (Å²) < 4.78 is 15.6. The maximum absolute atomic E-state index is 12.0. The van der Waals surface area contributed by atoms with Crippen LogP contribution in [0.1, 0.15) is 11.1 Å². The molecule has 1 amide bonds. The molecule has 0 unspecified atom stereocenters. The largest absolute Gasteiger partial charge is 0.493 e. The Morgan fingerprint density at radius 3 is 2.64 bits per heavy atom. The van der Waals surface area contributed by atoms with E-state index in [1.807, 2.05) is 36.4 Å². The van der Waals surface area contributed by atoms with Crippen LogP contribution in [-0.4, -0.2) is 44.2 Å². The molecular weight excluding hydrogens is 320 g/mol. The van der Waals surface area contributed by atoms with Gasteiger partial charge in [-0.3, -0.25) is 0 Å². The van der Waals surface area contributed by atoms with E-state index >= 15 is 0 Å². The van der Waals surface area contributed by atoms with Crippen LogP contribution in [0.2, 0.25) is 0 Å². The number of benzene rings is 2. The molecule has 0 aliphatic carbocycles. The van der Waals surface area contributed by atoms with Gasteiger partial charge in [0.15, 0.2) is 11.5 Å². The van der Waals surface area contributed by atoms with Crippen molar-refractivity contribution in [2.24, 2.45) is 5.10 Å². The summed E-state index contributed by atoms with van der Waals surface area (Å²) in [7, 11) is 3.16. The normalized spacial score (nSPS) is 17.0. The molecule has 2 aromatic carbocycles. The van der Waals surface area contributed by atoms with Crippen molar-refractivity contribution < 1.29 is 19.0 Å². The number of methoxy groups -OCH3 is 2. The molecule has 0 radical (unpaired) electrons. The van der Waals surface area contributed by atoms with Crippen LogP contribution in [0.25, 0.3) is 0 Å². The third-order valence-corrected chi connectivity index (χ3v) is 3.99. The first kappa shape index (κ1) is 16.8. The fourth-order valence-corrected chi connectivity index (χ4v) is 2.69. The van der Waals surface area contributed by atoms with E-state index < -0.39 is 6.09 Å². The van der Waals surface area contributed by atoms with Crippen molar-refractivity contribution in [1.82, 2.24) is 5.01 Å². The first-order valence-electron chi connectivity index (χ1n) is 7.97. The number of carbonyl (C=O) groups excluding carboxylic acids is 1. The number of hydrazone groups is 1. The van der Waals surface area contributed by atoms with Crippen molar-refractivity contribution in [3.63, 3.8) is 0 Å². The molecule has 6 heteroatoms. The van der Waals surface area contributed by atoms with E-state index in [-0.39, 0.29) is 6.04 Å². The van der Waals surface area contributed by atoms with Crippen LogP contribution in [0.4, 0.5) is 4.79 Å². The van der Waals surface area contributed by atoms with E-state index in [0.717, 1.165) is 11.1 Å². The zero-order valence-electron chi connectivity index (χ0n) is 14.2. The Kier molecular flexibility index (Phi) is 5.18. The van der Waals surface area contributed by atoms with Gasteiger partial charge in [-0.2, -0.15) is 10.1 Å². The average molecular weight is 340 g/mol. The predicted molar refractivity (Wildman–Crippen MR) is 94.3 cm³/mol. The average Bonchev–Trinajstić information content (AvgIpc) is 3.00. The fourth-order valence-electron chi connectivity index (χ4n) is 2.69. The molecule has 1 aliphatic rings. The number of carbonyl (C=O) groups is 1. The van der Waals surface area contributed by atoms with Gasteiger partial charge in [-0.1, -0.05) is 30.3 Å². The van der Waals surface area contributed by atoms with E-state index in [2.05, 4.69) is 5.10 Å². The monoisotopic (exact) mass is 340 g/mol. The number of nitrogens with zero attached hydrogens (tertiary/aromatic N) is 2. The van der Waals surface area contributed by atoms with Crippen LogP contribution < -0.4 is 9.47 Å². The molecule has 3 rings (SSSR count). The van der Waals surface area contributed by atoms with Crippen molar-refractivity contribution >= 4 is 12.3 Å². The summed E-state index contributed by atoms with van der Waals surface area (Å²) >= 11 is 0. The van der Waals surface area contributed by atoms with E-state index in [9.17, 15) is 4.79 Å². The molecule has 2 aromatic rings. The predicted octanol–water partition coefficient (Wildman–Crippen LogP) is 3.10. The topological polar surface area (TPSA) is 60.4 Å². The van der Waals surface area contributed by atoms with Crippen LogP contribution in [0.15, 0.2) is 53.6 Å². The van der Waals surface area contributed by atoms with Crippen molar-refractivity contribution in [2.45, 2.75) is 12.5 Å². The Hall–Kier alpha value is -3.02. The Bertz CT molecular complexity index is 761. The molecule has 1 heterocycles. The van der Waals surface area contributed by atoms with Crippen LogP contribution in [0, 0.1) is 0 Å². The van der Waals surface area contributed by atoms with E-state index in [4.69, 9.17) is 14.2 Å². The number of cyclic esters (lactones) is 1. The minimum atomic E-state index is -0.433. The second-order valence-electron chi connectivity index (χ2n) is 5.62. The zero-order chi connectivity index (χ0) is 17.6. The summed E-state index contributed by atoms with van der Waals surface area (Å²) in [6, 6.07) is 15.3. The Morgan fingerprint density at radius 2 is 1.92 bits per heavy atom. The summed E-state index contributed by atoms with van der Waals surface area (Å²) in [5.41, 5.74) is 1.94. The molecule has 130 valence electrons. The van der Waals surface area contributed by atoms with Gasteiger partial charge in [-0.15, -0.1) is 0 Å². The highest BCUT2D eigenvalue weighted by Gasteiger charge is 2.32. The second-order valence-corrected chi connectivity index (χ2v) is 5.62.